The molecule has 0 saturated heterocycles. The molecule has 0 unspecified atom stereocenters. The van der Waals surface area contributed by atoms with E-state index < -0.39 is 10.2 Å². The van der Waals surface area contributed by atoms with E-state index in [4.69, 9.17) is 0 Å². The van der Waals surface area contributed by atoms with Gasteiger partial charge in [0, 0.05) is 0 Å². The molecule has 0 radical (unpaired) electrons. The van der Waals surface area contributed by atoms with Crippen molar-refractivity contribution in [3.8, 4) is 0 Å². The van der Waals surface area contributed by atoms with Crippen LogP contribution in [0.2, 0.25) is 0 Å². The molecule has 0 aromatic carbocycles. The van der Waals surface area contributed by atoms with Gasteiger partial charge in [0.1, 0.15) is 5.01 Å². The number of hydrogen-bond acceptors (Lipinski definition) is 5. The van der Waals surface area contributed by atoms with Gasteiger partial charge in [0.15, 0.2) is 0 Å². The monoisotopic (exact) mass is 194 g/mol. The topological polar surface area (TPSA) is 98.0 Å². The molecule has 0 aliphatic heterocycles. The Morgan fingerprint density at radius 1 is 1.55 bits per heavy atom. The molecule has 3 N–H and O–H groups in total. The number of nitrogens with one attached hydrogen (secondary N) is 1. The normalized spacial score (nSPS) is 11.5. The molecule has 1 aromatic rings. The van der Waals surface area contributed by atoms with E-state index in [0.29, 0.717) is 5.01 Å². The van der Waals surface area contributed by atoms with Gasteiger partial charge in [-0.25, -0.2) is 9.86 Å². The Morgan fingerprint density at radius 3 is 2.55 bits per heavy atom. The minimum absolute atomic E-state index is 0.185. The Hall–Kier alpha value is -0.730. The first-order valence-corrected chi connectivity index (χ1v) is 4.94. The van der Waals surface area contributed by atoms with E-state index in [9.17, 15) is 8.42 Å². The molecular formula is C3H6N4O2S2. The van der Waals surface area contributed by atoms with Crippen LogP contribution >= 0.6 is 11.3 Å². The summed E-state index contributed by atoms with van der Waals surface area (Å²) >= 11 is 1.12. The molecule has 0 bridgehead atoms. The molecule has 1 heterocycles. The van der Waals surface area contributed by atoms with Crippen LogP contribution in [-0.2, 0) is 10.2 Å². The average molecular weight is 194 g/mol. The van der Waals surface area contributed by atoms with Crippen molar-refractivity contribution in [2.75, 3.05) is 4.72 Å². The maximum absolute atomic E-state index is 10.4. The van der Waals surface area contributed by atoms with Crippen molar-refractivity contribution in [1.82, 2.24) is 10.2 Å². The zero-order valence-corrected chi connectivity index (χ0v) is 7.24. The van der Waals surface area contributed by atoms with Gasteiger partial charge in [-0.3, -0.25) is 0 Å². The molecule has 1 aromatic heterocycles. The van der Waals surface area contributed by atoms with Gasteiger partial charge >= 0.3 is 0 Å². The lowest BCUT2D eigenvalue weighted by molar-refractivity contribution is 0.603. The molecule has 0 aliphatic carbocycles. The molecule has 0 fully saturated rings. The largest absolute Gasteiger partial charge is 0.298 e. The molecule has 11 heavy (non-hydrogen) atoms. The minimum Gasteiger partial charge on any atom is -0.245 e. The van der Waals surface area contributed by atoms with Crippen LogP contribution in [0.15, 0.2) is 0 Å². The molecule has 0 spiro atoms. The van der Waals surface area contributed by atoms with Crippen LogP contribution in [-0.4, -0.2) is 18.6 Å². The van der Waals surface area contributed by atoms with Crippen LogP contribution in [0.25, 0.3) is 0 Å². The highest BCUT2D eigenvalue weighted by atomic mass is 32.2. The van der Waals surface area contributed by atoms with Crippen LogP contribution in [0.3, 0.4) is 0 Å². The summed E-state index contributed by atoms with van der Waals surface area (Å²) in [5.41, 5.74) is 0. The smallest absolute Gasteiger partial charge is 0.245 e. The zero-order chi connectivity index (χ0) is 8.48. The Balaban J connectivity index is 2.81. The van der Waals surface area contributed by atoms with Crippen LogP contribution in [0.5, 0.6) is 0 Å². The first-order chi connectivity index (χ1) is 4.97. The maximum Gasteiger partial charge on any atom is 0.298 e. The molecule has 0 atom stereocenters. The zero-order valence-electron chi connectivity index (χ0n) is 5.60. The number of aromatic nitrogens is 2. The highest BCUT2D eigenvalue weighted by Gasteiger charge is 2.05. The first kappa shape index (κ1) is 8.37. The summed E-state index contributed by atoms with van der Waals surface area (Å²) in [5.74, 6) is 0. The van der Waals surface area contributed by atoms with Gasteiger partial charge in [0.2, 0.25) is 5.13 Å². The van der Waals surface area contributed by atoms with E-state index in [2.05, 4.69) is 15.3 Å². The second kappa shape index (κ2) is 2.72. The van der Waals surface area contributed by atoms with Crippen molar-refractivity contribution in [3.63, 3.8) is 0 Å². The lowest BCUT2D eigenvalue weighted by Crippen LogP contribution is -2.21. The summed E-state index contributed by atoms with van der Waals surface area (Å²) < 4.78 is 22.8. The Morgan fingerprint density at radius 2 is 2.18 bits per heavy atom. The predicted molar refractivity (Wildman–Crippen MR) is 41.4 cm³/mol. The van der Waals surface area contributed by atoms with Gasteiger partial charge < -0.3 is 0 Å². The average Bonchev–Trinajstić information content (AvgIpc) is 2.10. The molecule has 6 nitrogen and oxygen atoms in total. The molecule has 62 valence electrons. The van der Waals surface area contributed by atoms with Gasteiger partial charge in [-0.15, -0.1) is 10.2 Å². The second-order valence-corrected chi connectivity index (χ2v) is 4.25. The highest BCUT2D eigenvalue weighted by molar-refractivity contribution is 7.90. The quantitative estimate of drug-likeness (QED) is 0.660. The Bertz CT molecular complexity index is 342. The van der Waals surface area contributed by atoms with E-state index in [1.54, 1.807) is 6.92 Å². The van der Waals surface area contributed by atoms with Gasteiger partial charge in [-0.1, -0.05) is 11.3 Å². The van der Waals surface area contributed by atoms with E-state index in [-0.39, 0.29) is 5.13 Å². The summed E-state index contributed by atoms with van der Waals surface area (Å²) in [4.78, 5) is 0. The van der Waals surface area contributed by atoms with Crippen LogP contribution < -0.4 is 9.86 Å². The predicted octanol–water partition coefficient (Wildman–Crippen LogP) is -0.538. The molecule has 0 saturated carbocycles. The number of rotatable bonds is 2. The molecule has 8 heteroatoms. The standard InChI is InChI=1S/C3H6N4O2S2/c1-2-5-6-3(10-2)7-11(4,8)9/h1H3,(H,6,7)(H2,4,8,9). The van der Waals surface area contributed by atoms with E-state index in [1.807, 2.05) is 4.72 Å². The number of aryl methyl sites for hydroxylation is 1. The molecular weight excluding hydrogens is 188 g/mol. The lowest BCUT2D eigenvalue weighted by atomic mass is 10.9. The fourth-order valence-electron chi connectivity index (χ4n) is 0.460. The molecule has 0 amide bonds. The van der Waals surface area contributed by atoms with Crippen molar-refractivity contribution < 1.29 is 8.42 Å². The number of hydrogen-bond donors (Lipinski definition) is 2. The second-order valence-electron chi connectivity index (χ2n) is 1.77. The fourth-order valence-corrected chi connectivity index (χ4v) is 1.70. The fraction of sp³-hybridized carbons (Fsp3) is 0.333. The van der Waals surface area contributed by atoms with Crippen LogP contribution in [0.4, 0.5) is 5.13 Å². The maximum atomic E-state index is 10.4. The van der Waals surface area contributed by atoms with E-state index in [0.717, 1.165) is 11.3 Å². The van der Waals surface area contributed by atoms with Crippen molar-refractivity contribution >= 4 is 26.7 Å². The van der Waals surface area contributed by atoms with E-state index >= 15 is 0 Å². The third kappa shape index (κ3) is 2.78. The third-order valence-corrected chi connectivity index (χ3v) is 2.12. The summed E-state index contributed by atoms with van der Waals surface area (Å²) in [5, 5.41) is 12.6. The Kier molecular flexibility index (Phi) is 2.07. The summed E-state index contributed by atoms with van der Waals surface area (Å²) in [6.07, 6.45) is 0. The van der Waals surface area contributed by atoms with Gasteiger partial charge in [-0.2, -0.15) is 8.42 Å². The van der Waals surface area contributed by atoms with Gasteiger partial charge in [0.05, 0.1) is 0 Å². The number of nitrogens with zero attached hydrogens (tertiary/aromatic N) is 2. The lowest BCUT2D eigenvalue weighted by Gasteiger charge is -1.93. The minimum atomic E-state index is -3.71. The van der Waals surface area contributed by atoms with Crippen molar-refractivity contribution in [2.24, 2.45) is 5.14 Å². The van der Waals surface area contributed by atoms with Gasteiger partial charge in [0.25, 0.3) is 10.2 Å². The van der Waals surface area contributed by atoms with Crippen molar-refractivity contribution in [2.45, 2.75) is 6.92 Å². The summed E-state index contributed by atoms with van der Waals surface area (Å²) in [6.45, 7) is 1.71. The first-order valence-electron chi connectivity index (χ1n) is 2.58. The summed E-state index contributed by atoms with van der Waals surface area (Å²) in [7, 11) is -3.71. The number of nitrogens with two attached hydrogens (primary N) is 1. The van der Waals surface area contributed by atoms with Crippen molar-refractivity contribution in [1.29, 1.82) is 0 Å². The number of anilines is 1. The SMILES string of the molecule is Cc1nnc(NS(N)(=O)=O)s1. The summed E-state index contributed by atoms with van der Waals surface area (Å²) in [6, 6.07) is 0. The van der Waals surface area contributed by atoms with Crippen LogP contribution in [0.1, 0.15) is 5.01 Å². The highest BCUT2D eigenvalue weighted by Crippen LogP contribution is 2.13. The van der Waals surface area contributed by atoms with Crippen LogP contribution in [0, 0.1) is 6.92 Å². The molecule has 1 rings (SSSR count). The molecule has 0 aliphatic rings. The Labute approximate surface area is 67.6 Å². The van der Waals surface area contributed by atoms with E-state index in [1.165, 1.54) is 0 Å². The van der Waals surface area contributed by atoms with Crippen molar-refractivity contribution in [3.05, 3.63) is 5.01 Å². The van der Waals surface area contributed by atoms with Gasteiger partial charge in [-0.05, 0) is 6.92 Å². The third-order valence-electron chi connectivity index (χ3n) is 0.756.